The highest BCUT2D eigenvalue weighted by Gasteiger charge is 2.25. The molecule has 0 unspecified atom stereocenters. The SMILES string of the molecule is Cc1csc([C@H](C#N)C(=O)Cn2nnn(-c3cccs3)c2=O)n1. The first-order valence-electron chi connectivity index (χ1n) is 6.51. The minimum absolute atomic E-state index is 0.318. The second-order valence-corrected chi connectivity index (χ2v) is 6.45. The molecule has 0 aromatic carbocycles. The fourth-order valence-electron chi connectivity index (χ4n) is 1.91. The summed E-state index contributed by atoms with van der Waals surface area (Å²) in [6.45, 7) is 1.47. The van der Waals surface area contributed by atoms with Crippen LogP contribution >= 0.6 is 22.7 Å². The van der Waals surface area contributed by atoms with E-state index in [4.69, 9.17) is 0 Å². The van der Waals surface area contributed by atoms with Gasteiger partial charge in [0.1, 0.15) is 16.6 Å². The van der Waals surface area contributed by atoms with E-state index in [1.165, 1.54) is 22.7 Å². The standard InChI is InChI=1S/C13H10N6O2S2/c1-8-7-23-12(15-8)9(5-14)10(20)6-18-13(21)19(17-16-18)11-3-2-4-22-11/h2-4,7,9H,6H2,1H3/t9-/m1/s1. The van der Waals surface area contributed by atoms with Crippen LogP contribution in [-0.2, 0) is 11.3 Å². The number of hydrogen-bond donors (Lipinski definition) is 0. The first-order chi connectivity index (χ1) is 11.1. The van der Waals surface area contributed by atoms with Crippen LogP contribution < -0.4 is 5.69 Å². The average molecular weight is 346 g/mol. The summed E-state index contributed by atoms with van der Waals surface area (Å²) >= 11 is 2.58. The quantitative estimate of drug-likeness (QED) is 0.685. The topological polar surface area (TPSA) is 106 Å². The number of Topliss-reactive ketones (excluding diaryl/α,β-unsaturated/α-hetero) is 1. The zero-order valence-electron chi connectivity index (χ0n) is 11.9. The molecule has 0 bridgehead atoms. The fourth-order valence-corrected chi connectivity index (χ4v) is 3.44. The molecule has 0 spiro atoms. The first-order valence-corrected chi connectivity index (χ1v) is 8.27. The molecule has 0 N–H and O–H groups in total. The van der Waals surface area contributed by atoms with Crippen LogP contribution in [0.4, 0.5) is 0 Å². The van der Waals surface area contributed by atoms with Gasteiger partial charge < -0.3 is 0 Å². The Morgan fingerprint density at radius 2 is 2.26 bits per heavy atom. The molecule has 0 saturated heterocycles. The van der Waals surface area contributed by atoms with Crippen molar-refractivity contribution in [3.05, 3.63) is 44.1 Å². The highest BCUT2D eigenvalue weighted by atomic mass is 32.1. The van der Waals surface area contributed by atoms with Gasteiger partial charge >= 0.3 is 5.69 Å². The summed E-state index contributed by atoms with van der Waals surface area (Å²) in [4.78, 5) is 28.7. The number of hydrogen-bond acceptors (Lipinski definition) is 8. The van der Waals surface area contributed by atoms with Gasteiger partial charge in [0.25, 0.3) is 0 Å². The normalized spacial score (nSPS) is 12.0. The summed E-state index contributed by atoms with van der Waals surface area (Å²) in [5, 5.41) is 21.3. The molecule has 23 heavy (non-hydrogen) atoms. The van der Waals surface area contributed by atoms with Gasteiger partial charge in [-0.05, 0) is 34.9 Å². The maximum Gasteiger partial charge on any atom is 0.369 e. The lowest BCUT2D eigenvalue weighted by Crippen LogP contribution is -2.28. The number of carbonyl (C=O) groups excluding carboxylic acids is 1. The second-order valence-electron chi connectivity index (χ2n) is 4.64. The molecule has 0 amide bonds. The van der Waals surface area contributed by atoms with Crippen molar-refractivity contribution in [1.82, 2.24) is 24.8 Å². The first kappa shape index (κ1) is 15.3. The summed E-state index contributed by atoms with van der Waals surface area (Å²) in [5.74, 6) is -1.45. The summed E-state index contributed by atoms with van der Waals surface area (Å²) in [6.07, 6.45) is 0. The Hall–Kier alpha value is -2.64. The molecule has 0 radical (unpaired) electrons. The predicted molar refractivity (Wildman–Crippen MR) is 83.7 cm³/mol. The molecule has 3 aromatic heterocycles. The van der Waals surface area contributed by atoms with E-state index in [-0.39, 0.29) is 6.54 Å². The lowest BCUT2D eigenvalue weighted by Gasteiger charge is -2.03. The van der Waals surface area contributed by atoms with Gasteiger partial charge in [-0.15, -0.1) is 22.7 Å². The minimum Gasteiger partial charge on any atom is -0.296 e. The molecular weight excluding hydrogens is 336 g/mol. The Labute approximate surface area is 138 Å². The smallest absolute Gasteiger partial charge is 0.296 e. The van der Waals surface area contributed by atoms with Crippen LogP contribution in [0.5, 0.6) is 0 Å². The van der Waals surface area contributed by atoms with Crippen molar-refractivity contribution in [2.24, 2.45) is 0 Å². The maximum absolute atomic E-state index is 12.3. The zero-order chi connectivity index (χ0) is 16.4. The molecule has 3 aromatic rings. The third kappa shape index (κ3) is 2.96. The number of thiazole rings is 1. The molecule has 8 nitrogen and oxygen atoms in total. The molecule has 1 atom stereocenters. The number of thiophene rings is 1. The van der Waals surface area contributed by atoms with Crippen LogP contribution in [0.3, 0.4) is 0 Å². The Morgan fingerprint density at radius 1 is 1.43 bits per heavy atom. The highest BCUT2D eigenvalue weighted by Crippen LogP contribution is 2.21. The Bertz CT molecular complexity index is 930. The van der Waals surface area contributed by atoms with Gasteiger partial charge in [-0.25, -0.2) is 9.78 Å². The number of nitriles is 1. The lowest BCUT2D eigenvalue weighted by atomic mass is 10.1. The van der Waals surface area contributed by atoms with E-state index < -0.39 is 17.4 Å². The highest BCUT2D eigenvalue weighted by molar-refractivity contribution is 7.12. The van der Waals surface area contributed by atoms with E-state index in [1.54, 1.807) is 24.4 Å². The molecular formula is C13H10N6O2S2. The van der Waals surface area contributed by atoms with Gasteiger partial charge in [-0.1, -0.05) is 0 Å². The maximum atomic E-state index is 12.3. The van der Waals surface area contributed by atoms with Gasteiger partial charge in [0.2, 0.25) is 0 Å². The van der Waals surface area contributed by atoms with Gasteiger partial charge in [0.15, 0.2) is 11.7 Å². The predicted octanol–water partition coefficient (Wildman–Crippen LogP) is 1.13. The molecule has 0 saturated carbocycles. The third-order valence-electron chi connectivity index (χ3n) is 2.99. The number of carbonyl (C=O) groups is 1. The van der Waals surface area contributed by atoms with Crippen LogP contribution in [0.2, 0.25) is 0 Å². The molecule has 10 heteroatoms. The van der Waals surface area contributed by atoms with E-state index in [1.807, 2.05) is 11.4 Å². The van der Waals surface area contributed by atoms with E-state index in [2.05, 4.69) is 15.4 Å². The van der Waals surface area contributed by atoms with Crippen molar-refractivity contribution >= 4 is 28.5 Å². The molecule has 0 fully saturated rings. The number of aromatic nitrogens is 5. The third-order valence-corrected chi connectivity index (χ3v) is 4.87. The van der Waals surface area contributed by atoms with Crippen LogP contribution in [0.25, 0.3) is 5.00 Å². The van der Waals surface area contributed by atoms with Crippen LogP contribution in [-0.4, -0.2) is 30.6 Å². The summed E-state index contributed by atoms with van der Waals surface area (Å²) < 4.78 is 2.07. The van der Waals surface area contributed by atoms with Crippen molar-refractivity contribution < 1.29 is 4.79 Å². The largest absolute Gasteiger partial charge is 0.369 e. The Balaban J connectivity index is 1.83. The number of rotatable bonds is 5. The van der Waals surface area contributed by atoms with Gasteiger partial charge in [0, 0.05) is 11.1 Å². The molecule has 0 aliphatic carbocycles. The van der Waals surface area contributed by atoms with E-state index in [9.17, 15) is 14.9 Å². The van der Waals surface area contributed by atoms with E-state index in [0.717, 1.165) is 15.1 Å². The summed E-state index contributed by atoms with van der Waals surface area (Å²) in [5.41, 5.74) is 0.228. The lowest BCUT2D eigenvalue weighted by molar-refractivity contribution is -0.120. The number of nitrogens with zero attached hydrogens (tertiary/aromatic N) is 6. The van der Waals surface area contributed by atoms with Crippen molar-refractivity contribution in [3.63, 3.8) is 0 Å². The molecule has 3 heterocycles. The van der Waals surface area contributed by atoms with Gasteiger partial charge in [0.05, 0.1) is 6.07 Å². The van der Waals surface area contributed by atoms with Gasteiger partial charge in [-0.3, -0.25) is 4.79 Å². The average Bonchev–Trinajstić information content (AvgIpc) is 3.24. The van der Waals surface area contributed by atoms with E-state index >= 15 is 0 Å². The Kier molecular flexibility index (Phi) is 4.14. The summed E-state index contributed by atoms with van der Waals surface area (Å²) in [7, 11) is 0. The number of tetrazole rings is 1. The Morgan fingerprint density at radius 3 is 2.87 bits per heavy atom. The molecule has 116 valence electrons. The van der Waals surface area contributed by atoms with Crippen molar-refractivity contribution in [2.75, 3.05) is 0 Å². The van der Waals surface area contributed by atoms with E-state index in [0.29, 0.717) is 10.0 Å². The zero-order valence-corrected chi connectivity index (χ0v) is 13.5. The molecule has 0 aliphatic rings. The monoisotopic (exact) mass is 346 g/mol. The molecule has 3 rings (SSSR count). The van der Waals surface area contributed by atoms with Crippen LogP contribution in [0.15, 0.2) is 27.7 Å². The number of ketones is 1. The van der Waals surface area contributed by atoms with Crippen molar-refractivity contribution in [1.29, 1.82) is 5.26 Å². The van der Waals surface area contributed by atoms with Crippen molar-refractivity contribution in [2.45, 2.75) is 19.4 Å². The molecule has 0 aliphatic heterocycles. The minimum atomic E-state index is -1.01. The van der Waals surface area contributed by atoms with Crippen LogP contribution in [0, 0.1) is 18.3 Å². The van der Waals surface area contributed by atoms with Crippen LogP contribution in [0.1, 0.15) is 16.6 Å². The number of aryl methyl sites for hydroxylation is 1. The van der Waals surface area contributed by atoms with Crippen molar-refractivity contribution in [3.8, 4) is 11.1 Å². The van der Waals surface area contributed by atoms with Gasteiger partial charge in [-0.2, -0.15) is 14.6 Å². The second kappa shape index (κ2) is 6.23. The summed E-state index contributed by atoms with van der Waals surface area (Å²) in [6, 6.07) is 5.45. The fraction of sp³-hybridized carbons (Fsp3) is 0.231.